The van der Waals surface area contributed by atoms with E-state index in [9.17, 15) is 4.79 Å². The first-order valence-electron chi connectivity index (χ1n) is 5.25. The fraction of sp³-hybridized carbons (Fsp3) is 0.167. The van der Waals surface area contributed by atoms with E-state index in [4.69, 9.17) is 16.3 Å². The molecule has 2 rings (SSSR count). The third kappa shape index (κ3) is 3.72. The summed E-state index contributed by atoms with van der Waals surface area (Å²) in [6, 6.07) is 8.66. The maximum Gasteiger partial charge on any atom is 0.262 e. The molecule has 1 heterocycles. The van der Waals surface area contributed by atoms with Gasteiger partial charge in [0.1, 0.15) is 10.8 Å². The molecule has 4 nitrogen and oxygen atoms in total. The number of aromatic nitrogens is 1. The molecular weight excluding hydrogens is 272 g/mol. The number of aryl methyl sites for hydroxylation is 1. The highest BCUT2D eigenvalue weighted by Gasteiger charge is 2.05. The van der Waals surface area contributed by atoms with Gasteiger partial charge in [-0.3, -0.25) is 4.79 Å². The van der Waals surface area contributed by atoms with Crippen LogP contribution in [0.25, 0.3) is 0 Å². The summed E-state index contributed by atoms with van der Waals surface area (Å²) in [4.78, 5) is 11.6. The number of hydrogen-bond donors (Lipinski definition) is 1. The van der Waals surface area contributed by atoms with Crippen molar-refractivity contribution in [2.24, 2.45) is 0 Å². The lowest BCUT2D eigenvalue weighted by Crippen LogP contribution is -2.19. The van der Waals surface area contributed by atoms with Gasteiger partial charge in [-0.05, 0) is 48.8 Å². The van der Waals surface area contributed by atoms with E-state index in [0.29, 0.717) is 10.8 Å². The smallest absolute Gasteiger partial charge is 0.262 e. The second-order valence-corrected chi connectivity index (χ2v) is 4.86. The van der Waals surface area contributed by atoms with E-state index in [1.165, 1.54) is 11.5 Å². The largest absolute Gasteiger partial charge is 0.484 e. The molecule has 18 heavy (non-hydrogen) atoms. The maximum atomic E-state index is 11.6. The highest BCUT2D eigenvalue weighted by Crippen LogP contribution is 2.17. The Morgan fingerprint density at radius 3 is 2.78 bits per heavy atom. The van der Waals surface area contributed by atoms with Crippen LogP contribution < -0.4 is 10.1 Å². The van der Waals surface area contributed by atoms with E-state index in [-0.39, 0.29) is 12.5 Å². The summed E-state index contributed by atoms with van der Waals surface area (Å²) in [5, 5.41) is 4.06. The number of benzene rings is 1. The molecule has 0 unspecified atom stereocenters. The second-order valence-electron chi connectivity index (χ2n) is 3.62. The Morgan fingerprint density at radius 2 is 2.17 bits per heavy atom. The number of ether oxygens (including phenoxy) is 1. The molecule has 1 N–H and O–H groups in total. The molecule has 0 spiro atoms. The fourth-order valence-corrected chi connectivity index (χ4v) is 2.08. The van der Waals surface area contributed by atoms with Gasteiger partial charge in [0.15, 0.2) is 6.61 Å². The molecule has 1 aromatic carbocycles. The summed E-state index contributed by atoms with van der Waals surface area (Å²) in [6.45, 7) is 1.83. The SMILES string of the molecule is Cc1cc(NC(=O)COc2ccc(Cl)cc2)sn1. The van der Waals surface area contributed by atoms with Crippen molar-refractivity contribution in [1.82, 2.24) is 4.37 Å². The molecule has 6 heteroatoms. The molecule has 1 aromatic heterocycles. The number of anilines is 1. The number of carbonyl (C=O) groups excluding carboxylic acids is 1. The minimum absolute atomic E-state index is 0.0431. The number of amides is 1. The lowest BCUT2D eigenvalue weighted by Gasteiger charge is -2.05. The van der Waals surface area contributed by atoms with Crippen molar-refractivity contribution in [3.05, 3.63) is 41.0 Å². The minimum Gasteiger partial charge on any atom is -0.484 e. The maximum absolute atomic E-state index is 11.6. The van der Waals surface area contributed by atoms with Crippen LogP contribution in [0.2, 0.25) is 5.02 Å². The van der Waals surface area contributed by atoms with E-state index < -0.39 is 0 Å². The lowest BCUT2D eigenvalue weighted by molar-refractivity contribution is -0.118. The Hall–Kier alpha value is -1.59. The van der Waals surface area contributed by atoms with Crippen molar-refractivity contribution in [2.75, 3.05) is 11.9 Å². The van der Waals surface area contributed by atoms with E-state index in [0.717, 1.165) is 10.7 Å². The summed E-state index contributed by atoms with van der Waals surface area (Å²) < 4.78 is 9.38. The predicted molar refractivity (Wildman–Crippen MR) is 72.4 cm³/mol. The first-order valence-corrected chi connectivity index (χ1v) is 6.40. The number of carbonyl (C=O) groups is 1. The van der Waals surface area contributed by atoms with E-state index in [1.807, 2.05) is 13.0 Å². The summed E-state index contributed by atoms with van der Waals surface area (Å²) in [5.74, 6) is 0.392. The summed E-state index contributed by atoms with van der Waals surface area (Å²) in [6.07, 6.45) is 0. The summed E-state index contributed by atoms with van der Waals surface area (Å²) in [5.41, 5.74) is 0.883. The van der Waals surface area contributed by atoms with Crippen LogP contribution >= 0.6 is 23.1 Å². The zero-order chi connectivity index (χ0) is 13.0. The first-order chi connectivity index (χ1) is 8.63. The van der Waals surface area contributed by atoms with Crippen LogP contribution in [0.1, 0.15) is 5.69 Å². The van der Waals surface area contributed by atoms with E-state index in [1.54, 1.807) is 24.3 Å². The highest BCUT2D eigenvalue weighted by molar-refractivity contribution is 7.10. The van der Waals surface area contributed by atoms with Gasteiger partial charge in [-0.1, -0.05) is 11.6 Å². The van der Waals surface area contributed by atoms with E-state index >= 15 is 0 Å². The molecule has 0 fully saturated rings. The zero-order valence-electron chi connectivity index (χ0n) is 9.64. The average Bonchev–Trinajstić information content (AvgIpc) is 2.74. The van der Waals surface area contributed by atoms with Gasteiger partial charge in [-0.15, -0.1) is 0 Å². The van der Waals surface area contributed by atoms with Gasteiger partial charge in [0.2, 0.25) is 0 Å². The summed E-state index contributed by atoms with van der Waals surface area (Å²) in [7, 11) is 0. The molecule has 0 aliphatic heterocycles. The van der Waals surface area contributed by atoms with Gasteiger partial charge in [-0.25, -0.2) is 0 Å². The van der Waals surface area contributed by atoms with Crippen molar-refractivity contribution >= 4 is 34.0 Å². The van der Waals surface area contributed by atoms with Crippen molar-refractivity contribution in [2.45, 2.75) is 6.92 Å². The number of nitrogens with zero attached hydrogens (tertiary/aromatic N) is 1. The van der Waals surface area contributed by atoms with Crippen LogP contribution in [0.5, 0.6) is 5.75 Å². The van der Waals surface area contributed by atoms with Crippen LogP contribution in [0.15, 0.2) is 30.3 Å². The highest BCUT2D eigenvalue weighted by atomic mass is 35.5. The topological polar surface area (TPSA) is 51.2 Å². The Labute approximate surface area is 114 Å². The lowest BCUT2D eigenvalue weighted by atomic mass is 10.3. The quantitative estimate of drug-likeness (QED) is 0.937. The van der Waals surface area contributed by atoms with Crippen LogP contribution in [-0.2, 0) is 4.79 Å². The van der Waals surface area contributed by atoms with Crippen molar-refractivity contribution in [3.8, 4) is 5.75 Å². The Bertz CT molecular complexity index is 539. The Balaban J connectivity index is 1.83. The number of rotatable bonds is 4. The van der Waals surface area contributed by atoms with Crippen LogP contribution in [-0.4, -0.2) is 16.9 Å². The van der Waals surface area contributed by atoms with Crippen molar-refractivity contribution in [1.29, 1.82) is 0 Å². The number of halogens is 1. The third-order valence-electron chi connectivity index (χ3n) is 2.07. The second kappa shape index (κ2) is 5.84. The molecule has 0 radical (unpaired) electrons. The monoisotopic (exact) mass is 282 g/mol. The van der Waals surface area contributed by atoms with Gasteiger partial charge >= 0.3 is 0 Å². The molecule has 0 aliphatic carbocycles. The standard InChI is InChI=1S/C12H11ClN2O2S/c1-8-6-12(18-15-8)14-11(16)7-17-10-4-2-9(13)3-5-10/h2-6H,7H2,1H3,(H,14,16). The molecule has 0 atom stereocenters. The number of hydrogen-bond acceptors (Lipinski definition) is 4. The van der Waals surface area contributed by atoms with Gasteiger partial charge in [0, 0.05) is 5.02 Å². The fourth-order valence-electron chi connectivity index (χ4n) is 1.28. The van der Waals surface area contributed by atoms with Crippen LogP contribution in [0.3, 0.4) is 0 Å². The molecule has 0 saturated carbocycles. The van der Waals surface area contributed by atoms with Gasteiger partial charge in [-0.2, -0.15) is 4.37 Å². The summed E-state index contributed by atoms with van der Waals surface area (Å²) >= 11 is 6.99. The molecule has 94 valence electrons. The Morgan fingerprint density at radius 1 is 1.44 bits per heavy atom. The molecule has 2 aromatic rings. The molecular formula is C12H11ClN2O2S. The van der Waals surface area contributed by atoms with Gasteiger partial charge < -0.3 is 10.1 Å². The molecule has 0 saturated heterocycles. The normalized spacial score (nSPS) is 10.1. The van der Waals surface area contributed by atoms with Gasteiger partial charge in [0.25, 0.3) is 5.91 Å². The van der Waals surface area contributed by atoms with Crippen LogP contribution in [0.4, 0.5) is 5.00 Å². The molecule has 1 amide bonds. The Kier molecular flexibility index (Phi) is 4.17. The van der Waals surface area contributed by atoms with Crippen molar-refractivity contribution in [3.63, 3.8) is 0 Å². The minimum atomic E-state index is -0.214. The molecule has 0 aliphatic rings. The molecule has 0 bridgehead atoms. The van der Waals surface area contributed by atoms with Crippen molar-refractivity contribution < 1.29 is 9.53 Å². The van der Waals surface area contributed by atoms with Gasteiger partial charge in [0.05, 0.1) is 5.69 Å². The zero-order valence-corrected chi connectivity index (χ0v) is 11.2. The third-order valence-corrected chi connectivity index (χ3v) is 3.12. The first kappa shape index (κ1) is 12.9. The average molecular weight is 283 g/mol. The van der Waals surface area contributed by atoms with E-state index in [2.05, 4.69) is 9.69 Å². The van der Waals surface area contributed by atoms with Crippen LogP contribution in [0, 0.1) is 6.92 Å². The predicted octanol–water partition coefficient (Wildman–Crippen LogP) is 3.12. The number of nitrogens with one attached hydrogen (secondary N) is 1.